The summed E-state index contributed by atoms with van der Waals surface area (Å²) in [6.45, 7) is 4.22. The molecule has 0 aliphatic rings. The lowest BCUT2D eigenvalue weighted by Crippen LogP contribution is -1.78. The topological polar surface area (TPSA) is 60.7 Å². The van der Waals surface area contributed by atoms with E-state index in [-0.39, 0.29) is 5.88 Å². The summed E-state index contributed by atoms with van der Waals surface area (Å²) in [5.74, 6) is 0.0529. The van der Waals surface area contributed by atoms with Gasteiger partial charge in [0.05, 0.1) is 11.2 Å². The van der Waals surface area contributed by atoms with Crippen molar-refractivity contribution in [1.29, 1.82) is 0 Å². The van der Waals surface area contributed by atoms with Crippen molar-refractivity contribution in [2.75, 3.05) is 0 Å². The van der Waals surface area contributed by atoms with E-state index in [4.69, 9.17) is 0 Å². The second kappa shape index (κ2) is 6.02. The first-order valence-electron chi connectivity index (χ1n) is 7.55. The molecule has 112 valence electrons. The summed E-state index contributed by atoms with van der Waals surface area (Å²) in [6.07, 6.45) is 1.94. The maximum atomic E-state index is 10.0. The van der Waals surface area contributed by atoms with Gasteiger partial charge < -0.3 is 10.1 Å². The standard InChI is InChI=1S/C18H19N3O/c1-3-12-5-8-14(9-6-12)20-21-17-15-11-13(4-2)7-10-16(15)19-18(17)22/h5-11,19,22H,3-4H2,1-2H3. The van der Waals surface area contributed by atoms with Gasteiger partial charge in [0.25, 0.3) is 0 Å². The highest BCUT2D eigenvalue weighted by Gasteiger charge is 2.10. The molecule has 0 aliphatic heterocycles. The van der Waals surface area contributed by atoms with Gasteiger partial charge in [-0.15, -0.1) is 5.11 Å². The van der Waals surface area contributed by atoms with E-state index < -0.39 is 0 Å². The molecule has 1 aromatic heterocycles. The number of aryl methyl sites for hydroxylation is 2. The maximum absolute atomic E-state index is 10.0. The van der Waals surface area contributed by atoms with E-state index in [0.717, 1.165) is 29.4 Å². The molecule has 0 saturated carbocycles. The lowest BCUT2D eigenvalue weighted by atomic mass is 10.1. The maximum Gasteiger partial charge on any atom is 0.218 e. The molecule has 0 amide bonds. The molecule has 0 fully saturated rings. The highest BCUT2D eigenvalue weighted by molar-refractivity contribution is 5.94. The van der Waals surface area contributed by atoms with Crippen LogP contribution in [0.4, 0.5) is 11.4 Å². The molecule has 3 aromatic rings. The number of rotatable bonds is 4. The Morgan fingerprint density at radius 3 is 2.27 bits per heavy atom. The zero-order valence-electron chi connectivity index (χ0n) is 12.8. The van der Waals surface area contributed by atoms with Crippen molar-refractivity contribution in [1.82, 2.24) is 4.98 Å². The lowest BCUT2D eigenvalue weighted by molar-refractivity contribution is 0.459. The van der Waals surface area contributed by atoms with Crippen molar-refractivity contribution < 1.29 is 5.11 Å². The Morgan fingerprint density at radius 1 is 0.909 bits per heavy atom. The number of azo groups is 1. The average molecular weight is 293 g/mol. The van der Waals surface area contributed by atoms with Crippen LogP contribution in [0.2, 0.25) is 0 Å². The van der Waals surface area contributed by atoms with Crippen molar-refractivity contribution in [3.05, 3.63) is 53.6 Å². The van der Waals surface area contributed by atoms with Gasteiger partial charge >= 0.3 is 0 Å². The van der Waals surface area contributed by atoms with Crippen LogP contribution >= 0.6 is 0 Å². The van der Waals surface area contributed by atoms with Crippen molar-refractivity contribution >= 4 is 22.3 Å². The van der Waals surface area contributed by atoms with Gasteiger partial charge in [-0.3, -0.25) is 0 Å². The van der Waals surface area contributed by atoms with E-state index in [1.165, 1.54) is 11.1 Å². The minimum atomic E-state index is 0.0529. The molecule has 0 saturated heterocycles. The molecule has 2 N–H and O–H groups in total. The zero-order chi connectivity index (χ0) is 15.5. The molecule has 4 nitrogen and oxygen atoms in total. The molecule has 0 atom stereocenters. The fourth-order valence-corrected chi connectivity index (χ4v) is 2.44. The van der Waals surface area contributed by atoms with Crippen LogP contribution in [-0.2, 0) is 12.8 Å². The smallest absolute Gasteiger partial charge is 0.218 e. The van der Waals surface area contributed by atoms with Crippen LogP contribution in [0, 0.1) is 0 Å². The largest absolute Gasteiger partial charge is 0.493 e. The molecule has 0 unspecified atom stereocenters. The van der Waals surface area contributed by atoms with E-state index in [2.05, 4.69) is 29.1 Å². The Bertz CT molecular complexity index is 816. The number of H-pyrrole nitrogens is 1. The number of nitrogens with zero attached hydrogens (tertiary/aromatic N) is 2. The van der Waals surface area contributed by atoms with Gasteiger partial charge in [-0.1, -0.05) is 32.0 Å². The number of hydrogen-bond acceptors (Lipinski definition) is 3. The van der Waals surface area contributed by atoms with Crippen LogP contribution in [0.1, 0.15) is 25.0 Å². The molecule has 1 heterocycles. The van der Waals surface area contributed by atoms with Crippen molar-refractivity contribution in [3.63, 3.8) is 0 Å². The Hall–Kier alpha value is -2.62. The van der Waals surface area contributed by atoms with Crippen LogP contribution in [0.5, 0.6) is 5.88 Å². The number of nitrogens with one attached hydrogen (secondary N) is 1. The van der Waals surface area contributed by atoms with Crippen molar-refractivity contribution in [3.8, 4) is 5.88 Å². The van der Waals surface area contributed by atoms with Gasteiger partial charge in [-0.05, 0) is 48.2 Å². The molecule has 2 aromatic carbocycles. The SMILES string of the molecule is CCc1ccc(N=Nc2c(O)[nH]c3ccc(CC)cc23)cc1. The van der Waals surface area contributed by atoms with E-state index in [1.807, 2.05) is 42.5 Å². The van der Waals surface area contributed by atoms with Crippen LogP contribution < -0.4 is 0 Å². The summed E-state index contributed by atoms with van der Waals surface area (Å²) in [4.78, 5) is 2.93. The zero-order valence-corrected chi connectivity index (χ0v) is 12.8. The summed E-state index contributed by atoms with van der Waals surface area (Å²) in [5, 5.41) is 19.4. The van der Waals surface area contributed by atoms with Gasteiger partial charge in [0, 0.05) is 5.39 Å². The van der Waals surface area contributed by atoms with Gasteiger partial charge in [0.1, 0.15) is 0 Å². The first-order valence-corrected chi connectivity index (χ1v) is 7.55. The number of aromatic amines is 1. The molecule has 4 heteroatoms. The predicted molar refractivity (Wildman–Crippen MR) is 89.3 cm³/mol. The quantitative estimate of drug-likeness (QED) is 0.620. The minimum Gasteiger partial charge on any atom is -0.493 e. The predicted octanol–water partition coefficient (Wildman–Crippen LogP) is 5.41. The van der Waals surface area contributed by atoms with Crippen LogP contribution in [0.25, 0.3) is 10.9 Å². The van der Waals surface area contributed by atoms with E-state index in [9.17, 15) is 5.11 Å². The van der Waals surface area contributed by atoms with Crippen LogP contribution in [0.15, 0.2) is 52.7 Å². The summed E-state index contributed by atoms with van der Waals surface area (Å²) >= 11 is 0. The average Bonchev–Trinajstić information content (AvgIpc) is 2.87. The fraction of sp³-hybridized carbons (Fsp3) is 0.222. The van der Waals surface area contributed by atoms with Crippen LogP contribution in [0.3, 0.4) is 0 Å². The second-order valence-corrected chi connectivity index (χ2v) is 5.28. The normalized spacial score (nSPS) is 11.5. The van der Waals surface area contributed by atoms with Gasteiger partial charge in [-0.2, -0.15) is 5.11 Å². The Balaban J connectivity index is 1.98. The van der Waals surface area contributed by atoms with Gasteiger partial charge in [0.2, 0.25) is 5.88 Å². The van der Waals surface area contributed by atoms with E-state index >= 15 is 0 Å². The fourth-order valence-electron chi connectivity index (χ4n) is 2.44. The van der Waals surface area contributed by atoms with Crippen LogP contribution in [-0.4, -0.2) is 10.1 Å². The number of benzene rings is 2. The number of hydrogen-bond donors (Lipinski definition) is 2. The monoisotopic (exact) mass is 293 g/mol. The van der Waals surface area contributed by atoms with Gasteiger partial charge in [-0.25, -0.2) is 0 Å². The third-order valence-corrected chi connectivity index (χ3v) is 3.83. The Labute approximate surface area is 129 Å². The molecule has 0 radical (unpaired) electrons. The Morgan fingerprint density at radius 2 is 1.59 bits per heavy atom. The third kappa shape index (κ3) is 2.72. The van der Waals surface area contributed by atoms with E-state index in [1.54, 1.807) is 0 Å². The molecule has 0 spiro atoms. The summed E-state index contributed by atoms with van der Waals surface area (Å²) in [5.41, 5.74) is 4.60. The summed E-state index contributed by atoms with van der Waals surface area (Å²) < 4.78 is 0. The van der Waals surface area contributed by atoms with Crippen molar-refractivity contribution in [2.45, 2.75) is 26.7 Å². The van der Waals surface area contributed by atoms with E-state index in [0.29, 0.717) is 5.69 Å². The Kier molecular flexibility index (Phi) is 3.92. The summed E-state index contributed by atoms with van der Waals surface area (Å²) in [7, 11) is 0. The molecule has 0 aliphatic carbocycles. The molecular weight excluding hydrogens is 274 g/mol. The number of aromatic nitrogens is 1. The molecule has 22 heavy (non-hydrogen) atoms. The highest BCUT2D eigenvalue weighted by atomic mass is 16.3. The lowest BCUT2D eigenvalue weighted by Gasteiger charge is -1.98. The molecule has 3 rings (SSSR count). The third-order valence-electron chi connectivity index (χ3n) is 3.83. The molecule has 0 bridgehead atoms. The first kappa shape index (κ1) is 14.3. The van der Waals surface area contributed by atoms with Crippen molar-refractivity contribution in [2.24, 2.45) is 10.2 Å². The molecular formula is C18H19N3O. The minimum absolute atomic E-state index is 0.0529. The number of fused-ring (bicyclic) bond motifs is 1. The second-order valence-electron chi connectivity index (χ2n) is 5.28. The number of aromatic hydroxyl groups is 1. The highest BCUT2D eigenvalue weighted by Crippen LogP contribution is 2.36. The summed E-state index contributed by atoms with van der Waals surface area (Å²) in [6, 6.07) is 14.0. The first-order chi connectivity index (χ1) is 10.7. The van der Waals surface area contributed by atoms with Gasteiger partial charge in [0.15, 0.2) is 5.69 Å².